The summed E-state index contributed by atoms with van der Waals surface area (Å²) in [5, 5.41) is 10.5. The van der Waals surface area contributed by atoms with Crippen molar-refractivity contribution >= 4 is 39.0 Å². The second-order valence-electron chi connectivity index (χ2n) is 5.10. The van der Waals surface area contributed by atoms with Gasteiger partial charge in [0.15, 0.2) is 5.65 Å². The molecule has 0 amide bonds. The number of aromatic nitrogens is 4. The zero-order valence-electron chi connectivity index (χ0n) is 12.0. The Bertz CT molecular complexity index is 983. The molecule has 4 rings (SSSR count). The third kappa shape index (κ3) is 1.85. The molecule has 2 aromatic carbocycles. The summed E-state index contributed by atoms with van der Waals surface area (Å²) < 4.78 is 1.72. The van der Waals surface area contributed by atoms with E-state index in [4.69, 9.17) is 5.73 Å². The van der Waals surface area contributed by atoms with Gasteiger partial charge in [0.05, 0.1) is 11.6 Å². The summed E-state index contributed by atoms with van der Waals surface area (Å²) in [4.78, 5) is 8.58. The van der Waals surface area contributed by atoms with Crippen LogP contribution in [0.2, 0.25) is 0 Å². The average molecular weight is 290 g/mol. The van der Waals surface area contributed by atoms with E-state index in [0.29, 0.717) is 5.82 Å². The number of nitrogens with one attached hydrogen (secondary N) is 1. The minimum absolute atomic E-state index is 0.717. The fraction of sp³-hybridized carbons (Fsp3) is 0.0625. The summed E-state index contributed by atoms with van der Waals surface area (Å²) in [6.45, 7) is 0. The highest BCUT2D eigenvalue weighted by molar-refractivity contribution is 6.04. The summed E-state index contributed by atoms with van der Waals surface area (Å²) in [6, 6.07) is 11.9. The Hall–Kier alpha value is -3.15. The van der Waals surface area contributed by atoms with Crippen molar-refractivity contribution < 1.29 is 0 Å². The largest absolute Gasteiger partial charge is 0.398 e. The first-order valence-electron chi connectivity index (χ1n) is 6.91. The lowest BCUT2D eigenvalue weighted by atomic mass is 10.1. The van der Waals surface area contributed by atoms with E-state index in [1.54, 1.807) is 10.9 Å². The van der Waals surface area contributed by atoms with E-state index in [9.17, 15) is 0 Å². The lowest BCUT2D eigenvalue weighted by molar-refractivity contribution is 0.785. The number of rotatable bonds is 2. The molecule has 3 N–H and O–H groups in total. The van der Waals surface area contributed by atoms with E-state index in [0.717, 1.165) is 33.2 Å². The molecule has 0 saturated heterocycles. The first-order chi connectivity index (χ1) is 10.7. The summed E-state index contributed by atoms with van der Waals surface area (Å²) in [7, 11) is 1.86. The van der Waals surface area contributed by atoms with Gasteiger partial charge in [0.1, 0.15) is 12.1 Å². The lowest BCUT2D eigenvalue weighted by Gasteiger charge is -2.11. The summed E-state index contributed by atoms with van der Waals surface area (Å²) in [6.07, 6.45) is 3.28. The fourth-order valence-corrected chi connectivity index (χ4v) is 2.66. The molecule has 0 aliphatic carbocycles. The van der Waals surface area contributed by atoms with E-state index >= 15 is 0 Å². The molecule has 6 nitrogen and oxygen atoms in total. The molecule has 22 heavy (non-hydrogen) atoms. The van der Waals surface area contributed by atoms with Gasteiger partial charge >= 0.3 is 0 Å². The highest BCUT2D eigenvalue weighted by Crippen LogP contribution is 2.31. The molecule has 6 heteroatoms. The Morgan fingerprint density at radius 1 is 1.09 bits per heavy atom. The van der Waals surface area contributed by atoms with Gasteiger partial charge in [-0.15, -0.1) is 0 Å². The van der Waals surface area contributed by atoms with Crippen molar-refractivity contribution in [3.8, 4) is 0 Å². The minimum Gasteiger partial charge on any atom is -0.398 e. The van der Waals surface area contributed by atoms with Crippen LogP contribution in [0.4, 0.5) is 17.2 Å². The van der Waals surface area contributed by atoms with Crippen LogP contribution in [0.25, 0.3) is 21.8 Å². The van der Waals surface area contributed by atoms with Crippen LogP contribution in [0.3, 0.4) is 0 Å². The van der Waals surface area contributed by atoms with Crippen LogP contribution in [0, 0.1) is 0 Å². The van der Waals surface area contributed by atoms with E-state index in [2.05, 4.69) is 20.4 Å². The molecule has 108 valence electrons. The van der Waals surface area contributed by atoms with Crippen LogP contribution in [0.5, 0.6) is 0 Å². The van der Waals surface area contributed by atoms with Gasteiger partial charge in [-0.2, -0.15) is 5.10 Å². The maximum absolute atomic E-state index is 6.14. The summed E-state index contributed by atoms with van der Waals surface area (Å²) >= 11 is 0. The highest BCUT2D eigenvalue weighted by atomic mass is 15.3. The number of hydrogen-bond acceptors (Lipinski definition) is 5. The van der Waals surface area contributed by atoms with Crippen molar-refractivity contribution in [2.75, 3.05) is 11.1 Å². The molecule has 4 aromatic rings. The van der Waals surface area contributed by atoms with Crippen molar-refractivity contribution in [2.24, 2.45) is 7.05 Å². The molecule has 0 aliphatic rings. The third-order valence-corrected chi connectivity index (χ3v) is 3.72. The molecule has 0 bridgehead atoms. The van der Waals surface area contributed by atoms with Crippen molar-refractivity contribution in [1.82, 2.24) is 19.7 Å². The SMILES string of the molecule is Cn1ncc2c(Nc3cccc4cccc(N)c34)ncnc21. The number of fused-ring (bicyclic) bond motifs is 2. The monoisotopic (exact) mass is 290 g/mol. The minimum atomic E-state index is 0.717. The van der Waals surface area contributed by atoms with Gasteiger partial charge in [-0.1, -0.05) is 24.3 Å². The molecule has 0 fully saturated rings. The molecule has 0 spiro atoms. The Kier molecular flexibility index (Phi) is 2.69. The Labute approximate surface area is 126 Å². The standard InChI is InChI=1S/C16H14N6/c1-22-16-11(8-20-22)15(18-9-19-16)21-13-7-3-5-10-4-2-6-12(17)14(10)13/h2-9H,17H2,1H3,(H,18,19,21). The number of hydrogen-bond donors (Lipinski definition) is 2. The van der Waals surface area contributed by atoms with Crippen LogP contribution in [-0.2, 0) is 7.05 Å². The number of benzene rings is 2. The number of nitrogens with two attached hydrogens (primary N) is 1. The second kappa shape index (κ2) is 4.70. The number of nitrogens with zero attached hydrogens (tertiary/aromatic N) is 4. The predicted molar refractivity (Wildman–Crippen MR) is 87.9 cm³/mol. The van der Waals surface area contributed by atoms with E-state index in [1.807, 2.05) is 43.4 Å². The van der Waals surface area contributed by atoms with Crippen molar-refractivity contribution in [2.45, 2.75) is 0 Å². The van der Waals surface area contributed by atoms with Gasteiger partial charge in [-0.05, 0) is 17.5 Å². The molecule has 0 aliphatic heterocycles. The fourth-order valence-electron chi connectivity index (χ4n) is 2.66. The maximum atomic E-state index is 6.14. The van der Waals surface area contributed by atoms with Gasteiger partial charge in [0.25, 0.3) is 0 Å². The average Bonchev–Trinajstić information content (AvgIpc) is 2.90. The molecule has 0 atom stereocenters. The van der Waals surface area contributed by atoms with Crippen LogP contribution < -0.4 is 11.1 Å². The van der Waals surface area contributed by atoms with Crippen molar-refractivity contribution in [3.63, 3.8) is 0 Å². The Balaban J connectivity index is 1.90. The van der Waals surface area contributed by atoms with Gasteiger partial charge in [-0.3, -0.25) is 4.68 Å². The topological polar surface area (TPSA) is 81.7 Å². The maximum Gasteiger partial charge on any atom is 0.163 e. The van der Waals surface area contributed by atoms with Crippen LogP contribution in [-0.4, -0.2) is 19.7 Å². The normalized spacial score (nSPS) is 11.1. The molecular weight excluding hydrogens is 276 g/mol. The number of aryl methyl sites for hydroxylation is 1. The quantitative estimate of drug-likeness (QED) is 0.555. The Morgan fingerprint density at radius 2 is 1.91 bits per heavy atom. The van der Waals surface area contributed by atoms with Gasteiger partial charge < -0.3 is 11.1 Å². The molecule has 0 saturated carbocycles. The smallest absolute Gasteiger partial charge is 0.163 e. The van der Waals surface area contributed by atoms with Gasteiger partial charge in [0.2, 0.25) is 0 Å². The number of nitrogen functional groups attached to an aromatic ring is 1. The predicted octanol–water partition coefficient (Wildman–Crippen LogP) is 2.84. The van der Waals surface area contributed by atoms with Crippen LogP contribution in [0.15, 0.2) is 48.9 Å². The van der Waals surface area contributed by atoms with Gasteiger partial charge in [-0.25, -0.2) is 9.97 Å². The van der Waals surface area contributed by atoms with Crippen LogP contribution in [0.1, 0.15) is 0 Å². The molecule has 2 heterocycles. The Morgan fingerprint density at radius 3 is 2.77 bits per heavy atom. The van der Waals surface area contributed by atoms with Crippen LogP contribution >= 0.6 is 0 Å². The summed E-state index contributed by atoms with van der Waals surface area (Å²) in [5.41, 5.74) is 8.57. The highest BCUT2D eigenvalue weighted by Gasteiger charge is 2.10. The summed E-state index contributed by atoms with van der Waals surface area (Å²) in [5.74, 6) is 0.717. The molecule has 0 unspecified atom stereocenters. The van der Waals surface area contributed by atoms with E-state index in [-0.39, 0.29) is 0 Å². The molecule has 0 radical (unpaired) electrons. The zero-order valence-corrected chi connectivity index (χ0v) is 12.0. The lowest BCUT2D eigenvalue weighted by Crippen LogP contribution is -1.98. The number of anilines is 3. The van der Waals surface area contributed by atoms with E-state index in [1.165, 1.54) is 6.33 Å². The molecular formula is C16H14N6. The first-order valence-corrected chi connectivity index (χ1v) is 6.91. The third-order valence-electron chi connectivity index (χ3n) is 3.72. The first kappa shape index (κ1) is 12.6. The van der Waals surface area contributed by atoms with Crippen molar-refractivity contribution in [3.05, 3.63) is 48.9 Å². The zero-order chi connectivity index (χ0) is 15.1. The molecule has 2 aromatic heterocycles. The van der Waals surface area contributed by atoms with Gasteiger partial charge in [0, 0.05) is 23.8 Å². The van der Waals surface area contributed by atoms with Crippen molar-refractivity contribution in [1.29, 1.82) is 0 Å². The second-order valence-corrected chi connectivity index (χ2v) is 5.10. The van der Waals surface area contributed by atoms with E-state index < -0.39 is 0 Å².